The van der Waals surface area contributed by atoms with Gasteiger partial charge in [-0.05, 0) is 175 Å². The lowest BCUT2D eigenvalue weighted by Crippen LogP contribution is -2.38. The lowest BCUT2D eigenvalue weighted by molar-refractivity contribution is 0.0217. The molecule has 0 spiro atoms. The smallest absolute Gasteiger partial charge is 0.410 e. The molecule has 14 nitrogen and oxygen atoms in total. The summed E-state index contributed by atoms with van der Waals surface area (Å²) < 4.78 is 29.6. The summed E-state index contributed by atoms with van der Waals surface area (Å²) in [5, 5.41) is 0. The van der Waals surface area contributed by atoms with E-state index in [0.717, 1.165) is 111 Å². The molecule has 0 heterocycles. The van der Waals surface area contributed by atoms with Crippen LogP contribution < -0.4 is 10.5 Å². The minimum Gasteiger partial charge on any atom is -0.496 e. The van der Waals surface area contributed by atoms with Gasteiger partial charge in [0, 0.05) is 54.9 Å². The predicted molar refractivity (Wildman–Crippen MR) is 274 cm³/mol. The van der Waals surface area contributed by atoms with Gasteiger partial charge in [-0.3, -0.25) is 0 Å². The van der Waals surface area contributed by atoms with E-state index in [1.54, 1.807) is 16.9 Å². The van der Waals surface area contributed by atoms with Gasteiger partial charge in [-0.2, -0.15) is 0 Å². The van der Waals surface area contributed by atoms with Crippen molar-refractivity contribution in [2.75, 3.05) is 59.5 Å². The summed E-state index contributed by atoms with van der Waals surface area (Å²) in [6, 6.07) is 5.95. The van der Waals surface area contributed by atoms with Crippen molar-refractivity contribution >= 4 is 47.0 Å². The zero-order valence-corrected chi connectivity index (χ0v) is 45.8. The van der Waals surface area contributed by atoms with Crippen molar-refractivity contribution < 1.29 is 42.9 Å². The molecule has 15 heteroatoms. The van der Waals surface area contributed by atoms with E-state index in [1.807, 2.05) is 111 Å². The Morgan fingerprint density at radius 1 is 0.455 bits per heavy atom. The standard InChI is InChI=1S/C51H92IN5O9/c1-48(2,3)63-44(58)54(34-24-18-19-26-36-56(38-28-31-53)46(60)65-50(7,8)9)32-22-16-14-15-17-23-33-55(45(59)64-49(4,5)6)35-25-20-21-27-37-57(47(61)66-51(10,11)12)40-41-39-42(52)29-30-43(41)62-13/h29-30,39H,14-28,31-38,40,53H2,1-13H3. The van der Waals surface area contributed by atoms with E-state index < -0.39 is 22.4 Å². The van der Waals surface area contributed by atoms with Crippen LogP contribution in [-0.2, 0) is 25.5 Å². The van der Waals surface area contributed by atoms with Crippen LogP contribution in [0.5, 0.6) is 5.75 Å². The lowest BCUT2D eigenvalue weighted by atomic mass is 10.1. The number of carbonyl (C=O) groups is 4. The first-order valence-corrected chi connectivity index (χ1v) is 25.8. The zero-order chi connectivity index (χ0) is 50.0. The van der Waals surface area contributed by atoms with Crippen LogP contribution in [0.25, 0.3) is 0 Å². The van der Waals surface area contributed by atoms with Gasteiger partial charge in [-0.25, -0.2) is 19.2 Å². The Kier molecular flexibility index (Phi) is 28.6. The molecule has 0 atom stereocenters. The summed E-state index contributed by atoms with van der Waals surface area (Å²) in [4.78, 5) is 59.5. The number of benzene rings is 1. The van der Waals surface area contributed by atoms with E-state index in [4.69, 9.17) is 29.4 Å². The summed E-state index contributed by atoms with van der Waals surface area (Å²) >= 11 is 2.27. The van der Waals surface area contributed by atoms with Crippen molar-refractivity contribution in [3.05, 3.63) is 27.3 Å². The summed E-state index contributed by atoms with van der Waals surface area (Å²) in [5.41, 5.74) is 4.34. The Morgan fingerprint density at radius 2 is 0.727 bits per heavy atom. The van der Waals surface area contributed by atoms with Gasteiger partial charge in [0.2, 0.25) is 0 Å². The molecule has 0 aliphatic carbocycles. The van der Waals surface area contributed by atoms with Gasteiger partial charge in [0.25, 0.3) is 0 Å². The first-order valence-electron chi connectivity index (χ1n) is 24.7. The number of rotatable bonds is 29. The highest BCUT2D eigenvalue weighted by Gasteiger charge is 2.26. The van der Waals surface area contributed by atoms with Crippen LogP contribution in [0.3, 0.4) is 0 Å². The molecular formula is C51H92IN5O9. The third kappa shape index (κ3) is 30.2. The maximum absolute atomic E-state index is 13.2. The number of methoxy groups -OCH3 is 1. The highest BCUT2D eigenvalue weighted by molar-refractivity contribution is 14.1. The monoisotopic (exact) mass is 1050 g/mol. The third-order valence-electron chi connectivity index (χ3n) is 10.2. The topological polar surface area (TPSA) is 153 Å². The average molecular weight is 1050 g/mol. The van der Waals surface area contributed by atoms with E-state index in [9.17, 15) is 19.2 Å². The molecule has 2 N–H and O–H groups in total. The number of hydrogen-bond donors (Lipinski definition) is 1. The summed E-state index contributed by atoms with van der Waals surface area (Å²) in [6.45, 7) is 27.8. The number of nitrogens with two attached hydrogens (primary N) is 1. The number of hydrogen-bond acceptors (Lipinski definition) is 10. The SMILES string of the molecule is COc1ccc(I)cc1CN(CCCCCCN(CCCCCCCCN(CCCCCCN(CCCN)C(=O)OC(C)(C)C)C(=O)OC(C)(C)C)C(=O)OC(C)(C)C)C(=O)OC(C)(C)C. The molecule has 4 amide bonds. The summed E-state index contributed by atoms with van der Waals surface area (Å²) in [6.07, 6.45) is 12.5. The van der Waals surface area contributed by atoms with Gasteiger partial charge in [-0.1, -0.05) is 51.4 Å². The predicted octanol–water partition coefficient (Wildman–Crippen LogP) is 12.6. The number of nitrogens with zero attached hydrogens (tertiary/aromatic N) is 4. The molecule has 0 unspecified atom stereocenters. The Balaban J connectivity index is 2.62. The average Bonchev–Trinajstić information content (AvgIpc) is 3.17. The third-order valence-corrected chi connectivity index (χ3v) is 10.8. The Hall–Kier alpha value is -3.21. The molecule has 0 radical (unpaired) electrons. The molecule has 1 aromatic rings. The molecule has 0 aromatic heterocycles. The quantitative estimate of drug-likeness (QED) is 0.0466. The van der Waals surface area contributed by atoms with Gasteiger partial charge in [0.15, 0.2) is 0 Å². The number of halogens is 1. The highest BCUT2D eigenvalue weighted by Crippen LogP contribution is 2.24. The van der Waals surface area contributed by atoms with Crippen LogP contribution in [0.15, 0.2) is 18.2 Å². The molecule has 0 aliphatic rings. The van der Waals surface area contributed by atoms with E-state index >= 15 is 0 Å². The largest absolute Gasteiger partial charge is 0.496 e. The van der Waals surface area contributed by atoms with E-state index in [2.05, 4.69) is 22.6 Å². The summed E-state index contributed by atoms with van der Waals surface area (Å²) in [7, 11) is 1.64. The number of unbranched alkanes of at least 4 members (excludes halogenated alkanes) is 11. The number of amides is 4. The van der Waals surface area contributed by atoms with Gasteiger partial charge < -0.3 is 49.0 Å². The Bertz CT molecular complexity index is 1550. The van der Waals surface area contributed by atoms with Crippen molar-refractivity contribution in [1.29, 1.82) is 0 Å². The molecular weight excluding hydrogens is 953 g/mol. The van der Waals surface area contributed by atoms with Crippen molar-refractivity contribution in [2.45, 2.75) is 208 Å². The fraction of sp³-hybridized carbons (Fsp3) is 0.804. The maximum atomic E-state index is 13.2. The van der Waals surface area contributed by atoms with Crippen molar-refractivity contribution in [3.63, 3.8) is 0 Å². The molecule has 0 saturated carbocycles. The molecule has 0 saturated heterocycles. The molecule has 382 valence electrons. The fourth-order valence-electron chi connectivity index (χ4n) is 7.01. The molecule has 0 aliphatic heterocycles. The van der Waals surface area contributed by atoms with Crippen LogP contribution >= 0.6 is 22.6 Å². The maximum Gasteiger partial charge on any atom is 0.410 e. The summed E-state index contributed by atoms with van der Waals surface area (Å²) in [5.74, 6) is 0.741. The second-order valence-corrected chi connectivity index (χ2v) is 22.6. The van der Waals surface area contributed by atoms with Crippen molar-refractivity contribution in [1.82, 2.24) is 19.6 Å². The van der Waals surface area contributed by atoms with Crippen LogP contribution in [0.2, 0.25) is 0 Å². The van der Waals surface area contributed by atoms with Crippen LogP contribution in [0.4, 0.5) is 19.2 Å². The Morgan fingerprint density at radius 3 is 1.02 bits per heavy atom. The van der Waals surface area contributed by atoms with Gasteiger partial charge in [0.05, 0.1) is 13.7 Å². The second kappa shape index (κ2) is 31.0. The molecule has 0 bridgehead atoms. The first-order chi connectivity index (χ1) is 30.7. The van der Waals surface area contributed by atoms with Gasteiger partial charge in [-0.15, -0.1) is 0 Å². The normalized spacial score (nSPS) is 12.0. The number of carbonyl (C=O) groups excluding carboxylic acids is 4. The van der Waals surface area contributed by atoms with E-state index in [1.165, 1.54) is 0 Å². The van der Waals surface area contributed by atoms with E-state index in [0.29, 0.717) is 58.9 Å². The minimum absolute atomic E-state index is 0.274. The first kappa shape index (κ1) is 60.8. The second-order valence-electron chi connectivity index (χ2n) is 21.4. The lowest BCUT2D eigenvalue weighted by Gasteiger charge is -2.28. The molecule has 1 aromatic carbocycles. The minimum atomic E-state index is -0.606. The zero-order valence-electron chi connectivity index (χ0n) is 43.6. The molecule has 1 rings (SSSR count). The van der Waals surface area contributed by atoms with Gasteiger partial charge >= 0.3 is 24.4 Å². The van der Waals surface area contributed by atoms with Crippen molar-refractivity contribution in [2.24, 2.45) is 5.73 Å². The Labute approximate surface area is 414 Å². The fourth-order valence-corrected chi connectivity index (χ4v) is 7.57. The molecule has 0 fully saturated rings. The van der Waals surface area contributed by atoms with Crippen molar-refractivity contribution in [3.8, 4) is 5.75 Å². The van der Waals surface area contributed by atoms with Gasteiger partial charge in [0.1, 0.15) is 28.2 Å². The number of ether oxygens (including phenoxy) is 5. The highest BCUT2D eigenvalue weighted by atomic mass is 127. The van der Waals surface area contributed by atoms with Crippen LogP contribution in [0, 0.1) is 3.57 Å². The van der Waals surface area contributed by atoms with E-state index in [-0.39, 0.29) is 24.4 Å². The van der Waals surface area contributed by atoms with Crippen LogP contribution in [-0.4, -0.2) is 126 Å². The van der Waals surface area contributed by atoms with Crippen LogP contribution in [0.1, 0.15) is 185 Å². The molecule has 66 heavy (non-hydrogen) atoms.